The summed E-state index contributed by atoms with van der Waals surface area (Å²) in [6.07, 6.45) is 0. The molecule has 14 heavy (non-hydrogen) atoms. The summed E-state index contributed by atoms with van der Waals surface area (Å²) < 4.78 is 25.2. The number of hydrogen-bond acceptors (Lipinski definition) is 2. The zero-order valence-electron chi connectivity index (χ0n) is 8.21. The summed E-state index contributed by atoms with van der Waals surface area (Å²) in [5.41, 5.74) is 1.41. The van der Waals surface area contributed by atoms with E-state index in [1.54, 1.807) is 0 Å². The highest BCUT2D eigenvalue weighted by Gasteiger charge is 1.93. The molecular weight excluding hydrogens is 202 g/mol. The fourth-order valence-corrected chi connectivity index (χ4v) is 0.838. The Bertz CT molecular complexity index is 338. The van der Waals surface area contributed by atoms with Gasteiger partial charge in [-0.1, -0.05) is 44.2 Å². The molecule has 1 rings (SSSR count). The number of hydrogen-bond donors (Lipinski definition) is 2. The molecule has 5 heteroatoms. The molecule has 0 radical (unpaired) electrons. The third kappa shape index (κ3) is 9.18. The third-order valence-electron chi connectivity index (χ3n) is 1.47. The molecule has 0 saturated carbocycles. The van der Waals surface area contributed by atoms with E-state index in [0.717, 1.165) is 0 Å². The second-order valence-electron chi connectivity index (χ2n) is 3.08. The van der Waals surface area contributed by atoms with Gasteiger partial charge >= 0.3 is 10.3 Å². The van der Waals surface area contributed by atoms with Crippen molar-refractivity contribution in [2.45, 2.75) is 19.8 Å². The second-order valence-corrected chi connectivity index (χ2v) is 4.11. The van der Waals surface area contributed by atoms with E-state index in [1.165, 1.54) is 5.56 Å². The molecule has 0 fully saturated rings. The molecular formula is C9H15NO3S. The van der Waals surface area contributed by atoms with Crippen LogP contribution < -0.4 is 5.14 Å². The molecule has 0 aliphatic carbocycles. The van der Waals surface area contributed by atoms with Gasteiger partial charge in [-0.15, -0.1) is 0 Å². The average Bonchev–Trinajstić information content (AvgIpc) is 2.03. The van der Waals surface area contributed by atoms with Crippen LogP contribution >= 0.6 is 0 Å². The van der Waals surface area contributed by atoms with Gasteiger partial charge in [0.1, 0.15) is 0 Å². The number of nitrogens with two attached hydrogens (primary N) is 1. The number of rotatable bonds is 1. The molecule has 0 saturated heterocycles. The van der Waals surface area contributed by atoms with Crippen LogP contribution in [0.4, 0.5) is 0 Å². The molecule has 0 amide bonds. The summed E-state index contributed by atoms with van der Waals surface area (Å²) >= 11 is 0. The van der Waals surface area contributed by atoms with Gasteiger partial charge in [0.05, 0.1) is 0 Å². The van der Waals surface area contributed by atoms with Gasteiger partial charge in [-0.25, -0.2) is 5.14 Å². The van der Waals surface area contributed by atoms with Crippen LogP contribution in [0.5, 0.6) is 0 Å². The lowest BCUT2D eigenvalue weighted by Gasteiger charge is -2.01. The Kier molecular flexibility index (Phi) is 5.37. The van der Waals surface area contributed by atoms with Crippen molar-refractivity contribution in [1.82, 2.24) is 0 Å². The van der Waals surface area contributed by atoms with Crippen LogP contribution in [0.1, 0.15) is 25.3 Å². The van der Waals surface area contributed by atoms with Crippen molar-refractivity contribution < 1.29 is 13.0 Å². The maximum Gasteiger partial charge on any atom is 0.330 e. The fraction of sp³-hybridized carbons (Fsp3) is 0.333. The van der Waals surface area contributed by atoms with Gasteiger partial charge in [0.2, 0.25) is 0 Å². The van der Waals surface area contributed by atoms with Gasteiger partial charge in [0.15, 0.2) is 0 Å². The van der Waals surface area contributed by atoms with Crippen LogP contribution in [-0.4, -0.2) is 13.0 Å². The van der Waals surface area contributed by atoms with Gasteiger partial charge in [-0.2, -0.15) is 8.42 Å². The first-order valence-corrected chi connectivity index (χ1v) is 5.61. The lowest BCUT2D eigenvalue weighted by molar-refractivity contribution is 0.485. The Balaban J connectivity index is 0.000000292. The van der Waals surface area contributed by atoms with Crippen LogP contribution in [0.25, 0.3) is 0 Å². The molecule has 80 valence electrons. The van der Waals surface area contributed by atoms with E-state index in [0.29, 0.717) is 5.92 Å². The molecule has 0 aliphatic rings. The van der Waals surface area contributed by atoms with Gasteiger partial charge in [0, 0.05) is 0 Å². The molecule has 3 N–H and O–H groups in total. The van der Waals surface area contributed by atoms with Crippen molar-refractivity contribution >= 4 is 10.3 Å². The Morgan fingerprint density at radius 2 is 1.57 bits per heavy atom. The van der Waals surface area contributed by atoms with Crippen molar-refractivity contribution in [2.75, 3.05) is 0 Å². The highest BCUT2D eigenvalue weighted by molar-refractivity contribution is 7.83. The minimum atomic E-state index is -4.17. The summed E-state index contributed by atoms with van der Waals surface area (Å²) in [7, 11) is -4.17. The monoisotopic (exact) mass is 217 g/mol. The van der Waals surface area contributed by atoms with E-state index in [-0.39, 0.29) is 0 Å². The second kappa shape index (κ2) is 5.74. The van der Waals surface area contributed by atoms with Crippen molar-refractivity contribution in [3.63, 3.8) is 0 Å². The lowest BCUT2D eigenvalue weighted by atomic mass is 10.0. The largest absolute Gasteiger partial charge is 0.330 e. The lowest BCUT2D eigenvalue weighted by Crippen LogP contribution is -2.08. The van der Waals surface area contributed by atoms with Gasteiger partial charge in [-0.05, 0) is 11.5 Å². The normalized spacial score (nSPS) is 10.6. The predicted molar refractivity (Wildman–Crippen MR) is 56.3 cm³/mol. The van der Waals surface area contributed by atoms with E-state index in [4.69, 9.17) is 13.0 Å². The summed E-state index contributed by atoms with van der Waals surface area (Å²) in [6, 6.07) is 10.5. The molecule has 0 aromatic heterocycles. The van der Waals surface area contributed by atoms with Gasteiger partial charge < -0.3 is 0 Å². The zero-order valence-corrected chi connectivity index (χ0v) is 9.03. The first-order valence-electron chi connectivity index (χ1n) is 4.11. The Morgan fingerprint density at radius 1 is 1.21 bits per heavy atom. The van der Waals surface area contributed by atoms with Crippen molar-refractivity contribution in [1.29, 1.82) is 0 Å². The molecule has 0 unspecified atom stereocenters. The predicted octanol–water partition coefficient (Wildman–Crippen LogP) is 1.56. The maximum absolute atomic E-state index is 8.97. The minimum absolute atomic E-state index is 0.659. The van der Waals surface area contributed by atoms with Crippen molar-refractivity contribution in [3.05, 3.63) is 35.9 Å². The van der Waals surface area contributed by atoms with Crippen LogP contribution in [0, 0.1) is 0 Å². The minimum Gasteiger partial charge on any atom is -0.274 e. The molecule has 0 bridgehead atoms. The van der Waals surface area contributed by atoms with Crippen LogP contribution in [0.3, 0.4) is 0 Å². The third-order valence-corrected chi connectivity index (χ3v) is 1.47. The van der Waals surface area contributed by atoms with Crippen LogP contribution in [-0.2, 0) is 10.3 Å². The number of benzene rings is 1. The first kappa shape index (κ1) is 13.1. The zero-order chi connectivity index (χ0) is 11.2. The topological polar surface area (TPSA) is 80.4 Å². The highest BCUT2D eigenvalue weighted by Crippen LogP contribution is 2.11. The smallest absolute Gasteiger partial charge is 0.274 e. The highest BCUT2D eigenvalue weighted by atomic mass is 32.2. The van der Waals surface area contributed by atoms with Gasteiger partial charge in [-0.3, -0.25) is 4.55 Å². The van der Waals surface area contributed by atoms with E-state index in [9.17, 15) is 0 Å². The first-order chi connectivity index (χ1) is 6.30. The summed E-state index contributed by atoms with van der Waals surface area (Å²) in [5.74, 6) is 0.659. The summed E-state index contributed by atoms with van der Waals surface area (Å²) in [5, 5.41) is 3.88. The van der Waals surface area contributed by atoms with E-state index in [1.807, 2.05) is 6.07 Å². The fourth-order valence-electron chi connectivity index (χ4n) is 0.838. The SMILES string of the molecule is CC(C)c1ccccc1.NS(=O)(=O)O. The average molecular weight is 217 g/mol. The standard InChI is InChI=1S/C9H12.H3NO3S/c1-8(2)9-6-4-3-5-7-9;1-5(2,3)4/h3-8H,1-2H3;(H3,1,2,3,4). The quantitative estimate of drug-likeness (QED) is 0.700. The molecule has 0 atom stereocenters. The van der Waals surface area contributed by atoms with Crippen LogP contribution in [0.2, 0.25) is 0 Å². The Hall–Kier alpha value is -0.910. The van der Waals surface area contributed by atoms with Gasteiger partial charge in [0.25, 0.3) is 0 Å². The summed E-state index contributed by atoms with van der Waals surface area (Å²) in [6.45, 7) is 4.41. The van der Waals surface area contributed by atoms with Crippen molar-refractivity contribution in [2.24, 2.45) is 5.14 Å². The Morgan fingerprint density at radius 3 is 1.79 bits per heavy atom. The van der Waals surface area contributed by atoms with Crippen LogP contribution in [0.15, 0.2) is 30.3 Å². The molecule has 1 aromatic carbocycles. The van der Waals surface area contributed by atoms with Crippen molar-refractivity contribution in [3.8, 4) is 0 Å². The molecule has 0 spiro atoms. The molecule has 0 heterocycles. The Labute approximate surface area is 84.6 Å². The molecule has 4 nitrogen and oxygen atoms in total. The van der Waals surface area contributed by atoms with E-state index in [2.05, 4.69) is 43.3 Å². The molecule has 0 aliphatic heterocycles. The van der Waals surface area contributed by atoms with E-state index >= 15 is 0 Å². The molecule has 1 aromatic rings. The van der Waals surface area contributed by atoms with E-state index < -0.39 is 10.3 Å². The summed E-state index contributed by atoms with van der Waals surface area (Å²) in [4.78, 5) is 0. The maximum atomic E-state index is 8.97.